The van der Waals surface area contributed by atoms with Gasteiger partial charge in [0.2, 0.25) is 0 Å². The maximum atomic E-state index is 13.6. The smallest absolute Gasteiger partial charge is 0.291 e. The van der Waals surface area contributed by atoms with Gasteiger partial charge in [-0.05, 0) is 73.7 Å². The second-order valence-corrected chi connectivity index (χ2v) is 9.48. The highest BCUT2D eigenvalue weighted by atomic mass is 32.2. The minimum absolute atomic E-state index is 0.171. The zero-order valence-electron chi connectivity index (χ0n) is 20.6. The molecule has 1 aliphatic rings. The summed E-state index contributed by atoms with van der Waals surface area (Å²) in [5, 5.41) is 5.93. The van der Waals surface area contributed by atoms with Crippen LogP contribution in [0, 0.1) is 6.92 Å². The Balaban J connectivity index is 1.46. The van der Waals surface area contributed by atoms with E-state index in [0.29, 0.717) is 27.7 Å². The highest BCUT2D eigenvalue weighted by Gasteiger charge is 2.40. The number of nitrogens with one attached hydrogen (secondary N) is 2. The van der Waals surface area contributed by atoms with E-state index >= 15 is 0 Å². The molecule has 0 fully saturated rings. The summed E-state index contributed by atoms with van der Waals surface area (Å²) in [5.74, 6) is -0.518. The Morgan fingerprint density at radius 1 is 0.895 bits per heavy atom. The number of ether oxygens (including phenoxy) is 1. The summed E-state index contributed by atoms with van der Waals surface area (Å²) < 4.78 is 10.4. The van der Waals surface area contributed by atoms with Crippen molar-refractivity contribution >= 4 is 46.5 Å². The number of hydrogen-bond acceptors (Lipinski definition) is 7. The van der Waals surface area contributed by atoms with Crippen molar-refractivity contribution in [1.82, 2.24) is 0 Å². The van der Waals surface area contributed by atoms with Gasteiger partial charge in [0, 0.05) is 16.3 Å². The molecular formula is C29H23N3O5S. The lowest BCUT2D eigenvalue weighted by molar-refractivity contribution is -0.120. The highest BCUT2D eigenvalue weighted by molar-refractivity contribution is 8.04. The number of amides is 3. The fourth-order valence-electron chi connectivity index (χ4n) is 3.82. The van der Waals surface area contributed by atoms with E-state index in [-0.39, 0.29) is 16.4 Å². The number of imide groups is 1. The number of furan rings is 1. The van der Waals surface area contributed by atoms with Crippen LogP contribution < -0.4 is 20.3 Å². The van der Waals surface area contributed by atoms with E-state index in [4.69, 9.17) is 9.15 Å². The van der Waals surface area contributed by atoms with Crippen molar-refractivity contribution in [2.24, 2.45) is 0 Å². The van der Waals surface area contributed by atoms with Crippen LogP contribution in [0.1, 0.15) is 16.1 Å². The molecule has 4 aromatic rings. The quantitative estimate of drug-likeness (QED) is 0.279. The van der Waals surface area contributed by atoms with E-state index < -0.39 is 17.7 Å². The average molecular weight is 526 g/mol. The lowest BCUT2D eigenvalue weighted by Gasteiger charge is -2.15. The predicted octanol–water partition coefficient (Wildman–Crippen LogP) is 5.84. The van der Waals surface area contributed by atoms with E-state index in [1.165, 1.54) is 6.26 Å². The van der Waals surface area contributed by atoms with Gasteiger partial charge in [0.1, 0.15) is 16.4 Å². The number of aryl methyl sites for hydroxylation is 1. The first kappa shape index (κ1) is 24.9. The van der Waals surface area contributed by atoms with Gasteiger partial charge >= 0.3 is 0 Å². The Morgan fingerprint density at radius 2 is 1.66 bits per heavy atom. The Morgan fingerprint density at radius 3 is 2.34 bits per heavy atom. The predicted molar refractivity (Wildman–Crippen MR) is 146 cm³/mol. The van der Waals surface area contributed by atoms with Gasteiger partial charge in [-0.1, -0.05) is 35.5 Å². The number of thioether (sulfide) groups is 1. The second-order valence-electron chi connectivity index (χ2n) is 8.40. The average Bonchev–Trinajstić information content (AvgIpc) is 3.54. The molecule has 0 spiro atoms. The van der Waals surface area contributed by atoms with Crippen LogP contribution in [0.2, 0.25) is 0 Å². The highest BCUT2D eigenvalue weighted by Crippen LogP contribution is 2.39. The zero-order chi connectivity index (χ0) is 26.6. The molecule has 8 nitrogen and oxygen atoms in total. The normalized spacial score (nSPS) is 13.2. The number of anilines is 3. The van der Waals surface area contributed by atoms with Gasteiger partial charge in [-0.2, -0.15) is 0 Å². The molecule has 2 N–H and O–H groups in total. The Kier molecular flexibility index (Phi) is 7.01. The number of carbonyl (C=O) groups excluding carboxylic acids is 3. The maximum Gasteiger partial charge on any atom is 0.291 e. The number of methoxy groups -OCH3 is 1. The van der Waals surface area contributed by atoms with Gasteiger partial charge in [0.15, 0.2) is 5.76 Å². The molecule has 0 bridgehead atoms. The van der Waals surface area contributed by atoms with Crippen molar-refractivity contribution in [1.29, 1.82) is 0 Å². The molecule has 38 heavy (non-hydrogen) atoms. The summed E-state index contributed by atoms with van der Waals surface area (Å²) >= 11 is 1.14. The van der Waals surface area contributed by atoms with Gasteiger partial charge in [0.25, 0.3) is 17.7 Å². The molecule has 3 amide bonds. The van der Waals surface area contributed by atoms with Gasteiger partial charge < -0.3 is 19.8 Å². The zero-order valence-corrected chi connectivity index (χ0v) is 21.4. The van der Waals surface area contributed by atoms with Crippen LogP contribution in [0.25, 0.3) is 0 Å². The van der Waals surface area contributed by atoms with Crippen molar-refractivity contribution in [2.45, 2.75) is 11.8 Å². The third-order valence-corrected chi connectivity index (χ3v) is 6.82. The SMILES string of the molecule is COc1ccc(N2C(=O)C(Nc3ccc(C)cc3)=C(Sc3cccc(NC(=O)c4ccco4)c3)C2=O)cc1. The third-order valence-electron chi connectivity index (χ3n) is 5.75. The number of carbonyl (C=O) groups is 3. The molecule has 0 saturated carbocycles. The van der Waals surface area contributed by atoms with E-state index in [1.807, 2.05) is 31.2 Å². The fraction of sp³-hybridized carbons (Fsp3) is 0.0690. The minimum atomic E-state index is -0.467. The van der Waals surface area contributed by atoms with E-state index in [0.717, 1.165) is 22.2 Å². The third kappa shape index (κ3) is 5.18. The van der Waals surface area contributed by atoms with Crippen molar-refractivity contribution in [3.05, 3.63) is 113 Å². The van der Waals surface area contributed by atoms with Crippen LogP contribution in [0.3, 0.4) is 0 Å². The van der Waals surface area contributed by atoms with Crippen LogP contribution >= 0.6 is 11.8 Å². The molecule has 2 heterocycles. The number of rotatable bonds is 8. The van der Waals surface area contributed by atoms with E-state index in [1.54, 1.807) is 67.8 Å². The van der Waals surface area contributed by atoms with Crippen molar-refractivity contribution in [3.63, 3.8) is 0 Å². The van der Waals surface area contributed by atoms with Crippen molar-refractivity contribution in [3.8, 4) is 5.75 Å². The molecule has 1 aliphatic heterocycles. The first-order chi connectivity index (χ1) is 18.4. The van der Waals surface area contributed by atoms with Crippen LogP contribution in [-0.4, -0.2) is 24.8 Å². The largest absolute Gasteiger partial charge is 0.497 e. The van der Waals surface area contributed by atoms with Gasteiger partial charge in [-0.25, -0.2) is 4.90 Å². The van der Waals surface area contributed by atoms with Crippen LogP contribution in [0.15, 0.2) is 111 Å². The fourth-order valence-corrected chi connectivity index (χ4v) is 4.80. The monoisotopic (exact) mass is 525 g/mol. The molecule has 9 heteroatoms. The summed E-state index contributed by atoms with van der Waals surface area (Å²) in [7, 11) is 1.55. The van der Waals surface area contributed by atoms with Gasteiger partial charge in [-0.3, -0.25) is 14.4 Å². The number of nitrogens with zero attached hydrogens (tertiary/aromatic N) is 1. The van der Waals surface area contributed by atoms with Crippen molar-refractivity contribution < 1.29 is 23.5 Å². The summed E-state index contributed by atoms with van der Waals surface area (Å²) in [4.78, 5) is 41.6. The van der Waals surface area contributed by atoms with E-state index in [2.05, 4.69) is 10.6 Å². The topological polar surface area (TPSA) is 101 Å². The Labute approximate surface area is 223 Å². The van der Waals surface area contributed by atoms with Crippen molar-refractivity contribution in [2.75, 3.05) is 22.6 Å². The first-order valence-electron chi connectivity index (χ1n) is 11.7. The molecular weight excluding hydrogens is 502 g/mol. The molecule has 0 unspecified atom stereocenters. The minimum Gasteiger partial charge on any atom is -0.497 e. The van der Waals surface area contributed by atoms with Crippen LogP contribution in [-0.2, 0) is 9.59 Å². The number of benzene rings is 3. The molecule has 5 rings (SSSR count). The van der Waals surface area contributed by atoms with Gasteiger partial charge in [0.05, 0.1) is 19.1 Å². The molecule has 0 aliphatic carbocycles. The standard InChI is InChI=1S/C29H23N3O5S/c1-18-8-10-19(11-9-18)30-25-26(29(35)32(28(25)34)21-12-14-22(36-2)15-13-21)38-23-6-3-5-20(17-23)31-27(33)24-7-4-16-37-24/h3-17,30H,1-2H3,(H,31,33). The first-order valence-corrected chi connectivity index (χ1v) is 12.5. The maximum absolute atomic E-state index is 13.6. The van der Waals surface area contributed by atoms with E-state index in [9.17, 15) is 14.4 Å². The summed E-state index contributed by atoms with van der Waals surface area (Å²) in [6, 6.07) is 24.5. The lowest BCUT2D eigenvalue weighted by atomic mass is 10.2. The molecule has 1 aromatic heterocycles. The molecule has 3 aromatic carbocycles. The lowest BCUT2D eigenvalue weighted by Crippen LogP contribution is -2.32. The molecule has 0 saturated heterocycles. The Hall–Kier alpha value is -4.76. The molecule has 0 atom stereocenters. The summed E-state index contributed by atoms with van der Waals surface area (Å²) in [6.45, 7) is 1.97. The molecule has 190 valence electrons. The summed E-state index contributed by atoms with van der Waals surface area (Å²) in [5.41, 5.74) is 2.87. The summed E-state index contributed by atoms with van der Waals surface area (Å²) in [6.07, 6.45) is 1.42. The van der Waals surface area contributed by atoms with Crippen LogP contribution in [0.4, 0.5) is 17.1 Å². The molecule has 0 radical (unpaired) electrons. The second kappa shape index (κ2) is 10.7. The number of hydrogen-bond donors (Lipinski definition) is 2. The Bertz CT molecular complexity index is 1530. The van der Waals surface area contributed by atoms with Crippen LogP contribution in [0.5, 0.6) is 5.75 Å². The van der Waals surface area contributed by atoms with Gasteiger partial charge in [-0.15, -0.1) is 0 Å².